The molecule has 114 valence electrons. The zero-order chi connectivity index (χ0) is 15.9. The number of aromatic amines is 1. The molecule has 0 bridgehead atoms. The van der Waals surface area contributed by atoms with E-state index in [9.17, 15) is 8.42 Å². The SMILES string of the molecule is Cc1ccc(S(=O)(=O)Nc2ccc3[nH]c(C)cc3c2)c(C)c1. The van der Waals surface area contributed by atoms with Gasteiger partial charge in [0.2, 0.25) is 0 Å². The summed E-state index contributed by atoms with van der Waals surface area (Å²) in [6.45, 7) is 5.72. The summed E-state index contributed by atoms with van der Waals surface area (Å²) in [6.07, 6.45) is 0. The summed E-state index contributed by atoms with van der Waals surface area (Å²) in [6, 6.07) is 12.8. The summed E-state index contributed by atoms with van der Waals surface area (Å²) in [5.74, 6) is 0. The lowest BCUT2D eigenvalue weighted by atomic mass is 10.2. The number of fused-ring (bicyclic) bond motifs is 1. The lowest BCUT2D eigenvalue weighted by Crippen LogP contribution is -2.14. The predicted molar refractivity (Wildman–Crippen MR) is 89.8 cm³/mol. The molecule has 3 rings (SSSR count). The maximum Gasteiger partial charge on any atom is 0.262 e. The number of sulfonamides is 1. The van der Waals surface area contributed by atoms with Crippen LogP contribution in [-0.2, 0) is 10.0 Å². The molecular formula is C17H18N2O2S. The summed E-state index contributed by atoms with van der Waals surface area (Å²) in [5, 5.41) is 0.985. The Labute approximate surface area is 130 Å². The van der Waals surface area contributed by atoms with Gasteiger partial charge in [0.25, 0.3) is 10.0 Å². The number of nitrogens with one attached hydrogen (secondary N) is 2. The van der Waals surface area contributed by atoms with E-state index in [1.54, 1.807) is 25.1 Å². The van der Waals surface area contributed by atoms with Crippen LogP contribution in [0.5, 0.6) is 0 Å². The Morgan fingerprint density at radius 1 is 0.955 bits per heavy atom. The van der Waals surface area contributed by atoms with Gasteiger partial charge < -0.3 is 4.98 Å². The van der Waals surface area contributed by atoms with E-state index in [1.165, 1.54) is 0 Å². The third-order valence-corrected chi connectivity index (χ3v) is 5.17. The van der Waals surface area contributed by atoms with E-state index in [-0.39, 0.29) is 0 Å². The molecule has 2 aromatic carbocycles. The Morgan fingerprint density at radius 2 is 1.73 bits per heavy atom. The summed E-state index contributed by atoms with van der Waals surface area (Å²) in [7, 11) is -3.58. The van der Waals surface area contributed by atoms with Gasteiger partial charge in [0, 0.05) is 22.3 Å². The molecule has 1 heterocycles. The molecule has 5 heteroatoms. The largest absolute Gasteiger partial charge is 0.359 e. The summed E-state index contributed by atoms with van der Waals surface area (Å²) >= 11 is 0. The van der Waals surface area contributed by atoms with Gasteiger partial charge in [-0.2, -0.15) is 0 Å². The summed E-state index contributed by atoms with van der Waals surface area (Å²) in [5.41, 5.74) is 4.38. The van der Waals surface area contributed by atoms with Gasteiger partial charge in [-0.1, -0.05) is 17.7 Å². The van der Waals surface area contributed by atoms with Crippen molar-refractivity contribution < 1.29 is 8.42 Å². The molecule has 0 saturated carbocycles. The second-order valence-corrected chi connectivity index (χ2v) is 7.28. The van der Waals surface area contributed by atoms with Gasteiger partial charge >= 0.3 is 0 Å². The zero-order valence-corrected chi connectivity index (χ0v) is 13.6. The Bertz CT molecular complexity index is 956. The van der Waals surface area contributed by atoms with E-state index in [2.05, 4.69) is 9.71 Å². The monoisotopic (exact) mass is 314 g/mol. The molecule has 0 atom stereocenters. The molecule has 0 aliphatic carbocycles. The Morgan fingerprint density at radius 3 is 2.45 bits per heavy atom. The summed E-state index contributed by atoms with van der Waals surface area (Å²) < 4.78 is 27.8. The Kier molecular flexibility index (Phi) is 3.45. The highest BCUT2D eigenvalue weighted by atomic mass is 32.2. The van der Waals surface area contributed by atoms with Crippen LogP contribution in [0, 0.1) is 20.8 Å². The van der Waals surface area contributed by atoms with Crippen LogP contribution in [0.4, 0.5) is 5.69 Å². The van der Waals surface area contributed by atoms with E-state index in [1.807, 2.05) is 38.1 Å². The molecule has 4 nitrogen and oxygen atoms in total. The number of H-pyrrole nitrogens is 1. The molecule has 1 aromatic heterocycles. The number of hydrogen-bond acceptors (Lipinski definition) is 2. The van der Waals surface area contributed by atoms with Crippen LogP contribution in [0.3, 0.4) is 0 Å². The first kappa shape index (κ1) is 14.7. The molecule has 22 heavy (non-hydrogen) atoms. The lowest BCUT2D eigenvalue weighted by molar-refractivity contribution is 0.600. The fourth-order valence-electron chi connectivity index (χ4n) is 2.65. The fraction of sp³-hybridized carbons (Fsp3) is 0.176. The third-order valence-electron chi connectivity index (χ3n) is 3.63. The minimum Gasteiger partial charge on any atom is -0.359 e. The number of benzene rings is 2. The van der Waals surface area contributed by atoms with E-state index in [0.29, 0.717) is 10.6 Å². The maximum atomic E-state index is 12.6. The molecule has 0 aliphatic rings. The van der Waals surface area contributed by atoms with Gasteiger partial charge in [-0.25, -0.2) is 8.42 Å². The van der Waals surface area contributed by atoms with Crippen LogP contribution in [0.15, 0.2) is 47.4 Å². The first-order chi connectivity index (χ1) is 10.3. The molecule has 0 radical (unpaired) electrons. The van der Waals surface area contributed by atoms with Crippen molar-refractivity contribution in [1.82, 2.24) is 4.98 Å². The number of anilines is 1. The molecule has 0 aliphatic heterocycles. The number of hydrogen-bond donors (Lipinski definition) is 2. The second kappa shape index (κ2) is 5.18. The second-order valence-electron chi connectivity index (χ2n) is 5.63. The highest BCUT2D eigenvalue weighted by Crippen LogP contribution is 2.24. The van der Waals surface area contributed by atoms with Crippen molar-refractivity contribution in [3.8, 4) is 0 Å². The van der Waals surface area contributed by atoms with E-state index >= 15 is 0 Å². The number of rotatable bonds is 3. The van der Waals surface area contributed by atoms with Crippen molar-refractivity contribution >= 4 is 26.6 Å². The molecule has 2 N–H and O–H groups in total. The molecule has 0 spiro atoms. The topological polar surface area (TPSA) is 62.0 Å². The van der Waals surface area contributed by atoms with Crippen molar-refractivity contribution in [3.63, 3.8) is 0 Å². The first-order valence-corrected chi connectivity index (χ1v) is 8.53. The molecule has 3 aromatic rings. The van der Waals surface area contributed by atoms with E-state index < -0.39 is 10.0 Å². The highest BCUT2D eigenvalue weighted by Gasteiger charge is 2.17. The van der Waals surface area contributed by atoms with Gasteiger partial charge in [0.05, 0.1) is 4.90 Å². The number of aromatic nitrogens is 1. The van der Waals surface area contributed by atoms with Gasteiger partial charge in [0.15, 0.2) is 0 Å². The summed E-state index contributed by atoms with van der Waals surface area (Å²) in [4.78, 5) is 3.53. The van der Waals surface area contributed by atoms with Crippen LogP contribution in [-0.4, -0.2) is 13.4 Å². The van der Waals surface area contributed by atoms with Crippen molar-refractivity contribution in [3.05, 3.63) is 59.3 Å². The maximum absolute atomic E-state index is 12.6. The van der Waals surface area contributed by atoms with Gasteiger partial charge in [-0.15, -0.1) is 0 Å². The highest BCUT2D eigenvalue weighted by molar-refractivity contribution is 7.92. The standard InChI is InChI=1S/C17H18N2O2S/c1-11-4-7-17(12(2)8-11)22(20,21)19-15-5-6-16-14(10-15)9-13(3)18-16/h4-10,18-19H,1-3H3. The average Bonchev–Trinajstić information content (AvgIpc) is 2.77. The van der Waals surface area contributed by atoms with Crippen molar-refractivity contribution in [2.75, 3.05) is 4.72 Å². The lowest BCUT2D eigenvalue weighted by Gasteiger charge is -2.11. The molecule has 0 unspecified atom stereocenters. The van der Waals surface area contributed by atoms with Crippen LogP contribution >= 0.6 is 0 Å². The molecule has 0 fully saturated rings. The molecule has 0 saturated heterocycles. The molecule has 0 amide bonds. The van der Waals surface area contributed by atoms with Gasteiger partial charge in [0.1, 0.15) is 0 Å². The quantitative estimate of drug-likeness (QED) is 0.770. The minimum atomic E-state index is -3.58. The van der Waals surface area contributed by atoms with Gasteiger partial charge in [-0.05, 0) is 56.7 Å². The normalized spacial score (nSPS) is 11.8. The van der Waals surface area contributed by atoms with Crippen LogP contribution in [0.2, 0.25) is 0 Å². The van der Waals surface area contributed by atoms with Gasteiger partial charge in [-0.3, -0.25) is 4.72 Å². The van der Waals surface area contributed by atoms with E-state index in [0.717, 1.165) is 27.7 Å². The van der Waals surface area contributed by atoms with E-state index in [4.69, 9.17) is 0 Å². The zero-order valence-electron chi connectivity index (χ0n) is 12.8. The van der Waals surface area contributed by atoms with Crippen molar-refractivity contribution in [1.29, 1.82) is 0 Å². The van der Waals surface area contributed by atoms with Crippen LogP contribution in [0.1, 0.15) is 16.8 Å². The van der Waals surface area contributed by atoms with Crippen LogP contribution in [0.25, 0.3) is 10.9 Å². The average molecular weight is 314 g/mol. The smallest absolute Gasteiger partial charge is 0.262 e. The first-order valence-electron chi connectivity index (χ1n) is 7.04. The van der Waals surface area contributed by atoms with Crippen LogP contribution < -0.4 is 4.72 Å². The van der Waals surface area contributed by atoms with Crippen molar-refractivity contribution in [2.45, 2.75) is 25.7 Å². The number of aryl methyl sites for hydroxylation is 3. The fourth-order valence-corrected chi connectivity index (χ4v) is 3.93. The molecular weight excluding hydrogens is 296 g/mol. The Hall–Kier alpha value is -2.27. The minimum absolute atomic E-state index is 0.309. The Balaban J connectivity index is 1.98. The predicted octanol–water partition coefficient (Wildman–Crippen LogP) is 3.89. The third kappa shape index (κ3) is 2.72. The van der Waals surface area contributed by atoms with Crippen molar-refractivity contribution in [2.24, 2.45) is 0 Å².